The molecule has 0 unspecified atom stereocenters. The number of thiophene rings is 1. The van der Waals surface area contributed by atoms with Gasteiger partial charge in [-0.1, -0.05) is 12.1 Å². The molecule has 4 N–H and O–H groups in total. The Labute approximate surface area is 142 Å². The van der Waals surface area contributed by atoms with Gasteiger partial charge in [0.25, 0.3) is 0 Å². The Hall–Kier alpha value is -1.97. The summed E-state index contributed by atoms with van der Waals surface area (Å²) in [5, 5.41) is 10.5. The lowest BCUT2D eigenvalue weighted by Crippen LogP contribution is -2.36. The zero-order chi connectivity index (χ0) is 17.3. The predicted octanol–water partition coefficient (Wildman–Crippen LogP) is 1.89. The monoisotopic (exact) mass is 369 g/mol. The Morgan fingerprint density at radius 1 is 1.33 bits per heavy atom. The summed E-state index contributed by atoms with van der Waals surface area (Å²) < 4.78 is 35.6. The van der Waals surface area contributed by atoms with Crippen molar-refractivity contribution < 1.29 is 17.6 Å². The molecule has 0 spiro atoms. The average molecular weight is 369 g/mol. The SMILES string of the molecule is NS(=O)(=O)c1ccc(CNC(=O)N[C@@H]2C[C@H]2c2cccc(F)c2)s1. The fraction of sp³-hybridized carbons (Fsp3) is 0.267. The third kappa shape index (κ3) is 4.11. The first kappa shape index (κ1) is 16.9. The standard InChI is InChI=1S/C15H16FN3O3S2/c16-10-3-1-2-9(6-10)12-7-13(12)19-15(20)18-8-11-4-5-14(23-11)24(17,21)22/h1-6,12-13H,7-8H2,(H2,17,21,22)(H2,18,19,20)/t12-,13+/m0/s1. The molecule has 2 amide bonds. The van der Waals surface area contributed by atoms with E-state index in [0.29, 0.717) is 4.88 Å². The maximum absolute atomic E-state index is 13.2. The Morgan fingerprint density at radius 3 is 2.79 bits per heavy atom. The van der Waals surface area contributed by atoms with Crippen molar-refractivity contribution in [1.82, 2.24) is 10.6 Å². The first-order valence-electron chi connectivity index (χ1n) is 7.24. The van der Waals surface area contributed by atoms with E-state index >= 15 is 0 Å². The van der Waals surface area contributed by atoms with Crippen molar-refractivity contribution in [1.29, 1.82) is 0 Å². The average Bonchev–Trinajstić information content (AvgIpc) is 3.08. The largest absolute Gasteiger partial charge is 0.335 e. The Balaban J connectivity index is 1.48. The molecule has 2 atom stereocenters. The van der Waals surface area contributed by atoms with E-state index in [0.717, 1.165) is 23.3 Å². The second-order valence-corrected chi connectivity index (χ2v) is 8.55. The summed E-state index contributed by atoms with van der Waals surface area (Å²) in [6, 6.07) is 9.02. The number of sulfonamides is 1. The van der Waals surface area contributed by atoms with Crippen molar-refractivity contribution in [3.05, 3.63) is 52.7 Å². The van der Waals surface area contributed by atoms with Crippen LogP contribution in [0.5, 0.6) is 0 Å². The van der Waals surface area contributed by atoms with E-state index in [1.54, 1.807) is 12.1 Å². The zero-order valence-corrected chi connectivity index (χ0v) is 14.2. The lowest BCUT2D eigenvalue weighted by molar-refractivity contribution is 0.240. The quantitative estimate of drug-likeness (QED) is 0.750. The van der Waals surface area contributed by atoms with Crippen LogP contribution in [-0.4, -0.2) is 20.5 Å². The highest BCUT2D eigenvalue weighted by molar-refractivity contribution is 7.91. The van der Waals surface area contributed by atoms with Crippen molar-refractivity contribution in [3.8, 4) is 0 Å². The number of hydrogen-bond donors (Lipinski definition) is 3. The number of amides is 2. The van der Waals surface area contributed by atoms with Gasteiger partial charge >= 0.3 is 6.03 Å². The van der Waals surface area contributed by atoms with Gasteiger partial charge in [0.05, 0.1) is 6.54 Å². The summed E-state index contributed by atoms with van der Waals surface area (Å²) >= 11 is 1.02. The number of primary sulfonamides is 1. The minimum Gasteiger partial charge on any atom is -0.335 e. The molecule has 9 heteroatoms. The third-order valence-corrected chi connectivity index (χ3v) is 6.25. The number of benzene rings is 1. The van der Waals surface area contributed by atoms with Crippen LogP contribution in [0.15, 0.2) is 40.6 Å². The molecule has 0 aliphatic heterocycles. The lowest BCUT2D eigenvalue weighted by Gasteiger charge is -2.06. The highest BCUT2D eigenvalue weighted by Crippen LogP contribution is 2.40. The van der Waals surface area contributed by atoms with Crippen LogP contribution < -0.4 is 15.8 Å². The van der Waals surface area contributed by atoms with Crippen molar-refractivity contribution in [2.24, 2.45) is 5.14 Å². The van der Waals surface area contributed by atoms with Crippen molar-refractivity contribution >= 4 is 27.4 Å². The Morgan fingerprint density at radius 2 is 2.12 bits per heavy atom. The molecule has 1 aliphatic rings. The number of urea groups is 1. The maximum Gasteiger partial charge on any atom is 0.315 e. The summed E-state index contributed by atoms with van der Waals surface area (Å²) in [5.41, 5.74) is 0.872. The minimum atomic E-state index is -3.71. The molecule has 2 aromatic rings. The van der Waals surface area contributed by atoms with Crippen LogP contribution in [0.1, 0.15) is 22.8 Å². The van der Waals surface area contributed by atoms with Gasteiger partial charge in [0.2, 0.25) is 10.0 Å². The molecule has 1 heterocycles. The van der Waals surface area contributed by atoms with Crippen molar-refractivity contribution in [2.75, 3.05) is 0 Å². The molecule has 1 fully saturated rings. The van der Waals surface area contributed by atoms with E-state index < -0.39 is 10.0 Å². The lowest BCUT2D eigenvalue weighted by atomic mass is 10.1. The summed E-state index contributed by atoms with van der Waals surface area (Å²) in [5.74, 6) is -0.159. The molecule has 6 nitrogen and oxygen atoms in total. The molecule has 3 rings (SSSR count). The number of halogens is 1. The predicted molar refractivity (Wildman–Crippen MR) is 88.6 cm³/mol. The van der Waals surface area contributed by atoms with Gasteiger partial charge in [0.15, 0.2) is 0 Å². The van der Waals surface area contributed by atoms with Crippen LogP contribution in [-0.2, 0) is 16.6 Å². The van der Waals surface area contributed by atoms with E-state index in [9.17, 15) is 17.6 Å². The van der Waals surface area contributed by atoms with Gasteiger partial charge in [0.1, 0.15) is 10.0 Å². The fourth-order valence-electron chi connectivity index (χ4n) is 2.45. The molecule has 1 aromatic carbocycles. The van der Waals surface area contributed by atoms with Gasteiger partial charge in [-0.15, -0.1) is 11.3 Å². The number of carbonyl (C=O) groups is 1. The van der Waals surface area contributed by atoms with E-state index in [-0.39, 0.29) is 34.6 Å². The number of hydrogen-bond acceptors (Lipinski definition) is 4. The fourth-order valence-corrected chi connectivity index (χ4v) is 4.17. The summed E-state index contributed by atoms with van der Waals surface area (Å²) in [7, 11) is -3.71. The Kier molecular flexibility index (Phi) is 4.57. The second-order valence-electron chi connectivity index (χ2n) is 5.60. The molecule has 1 aliphatic carbocycles. The first-order valence-corrected chi connectivity index (χ1v) is 9.60. The maximum atomic E-state index is 13.2. The summed E-state index contributed by atoms with van der Waals surface area (Å²) in [4.78, 5) is 12.6. The van der Waals surface area contributed by atoms with E-state index in [1.807, 2.05) is 6.07 Å². The number of nitrogens with one attached hydrogen (secondary N) is 2. The van der Waals surface area contributed by atoms with Crippen LogP contribution >= 0.6 is 11.3 Å². The Bertz CT molecular complexity index is 866. The normalized spacial score (nSPS) is 19.8. The van der Waals surface area contributed by atoms with Crippen molar-refractivity contribution in [3.63, 3.8) is 0 Å². The minimum absolute atomic E-state index is 0.0184. The molecule has 0 radical (unpaired) electrons. The highest BCUT2D eigenvalue weighted by Gasteiger charge is 2.39. The highest BCUT2D eigenvalue weighted by atomic mass is 32.2. The molecule has 0 saturated heterocycles. The number of rotatable bonds is 5. The molecule has 24 heavy (non-hydrogen) atoms. The molecule has 1 saturated carbocycles. The number of nitrogens with two attached hydrogens (primary N) is 1. The molecular weight excluding hydrogens is 353 g/mol. The summed E-state index contributed by atoms with van der Waals surface area (Å²) in [6.07, 6.45) is 0.769. The van der Waals surface area contributed by atoms with E-state index in [1.165, 1.54) is 18.2 Å². The number of carbonyl (C=O) groups excluding carboxylic acids is 1. The topological polar surface area (TPSA) is 101 Å². The van der Waals surface area contributed by atoms with Gasteiger partial charge in [0, 0.05) is 16.8 Å². The van der Waals surface area contributed by atoms with Crippen LogP contribution in [0.2, 0.25) is 0 Å². The van der Waals surface area contributed by atoms with Gasteiger partial charge in [-0.05, 0) is 36.2 Å². The summed E-state index contributed by atoms with van der Waals surface area (Å²) in [6.45, 7) is 0.212. The van der Waals surface area contributed by atoms with Gasteiger partial charge < -0.3 is 10.6 Å². The van der Waals surface area contributed by atoms with Crippen molar-refractivity contribution in [2.45, 2.75) is 29.1 Å². The molecular formula is C15H16FN3O3S2. The molecule has 128 valence electrons. The van der Waals surface area contributed by atoms with Crippen LogP contribution in [0.25, 0.3) is 0 Å². The zero-order valence-electron chi connectivity index (χ0n) is 12.5. The van der Waals surface area contributed by atoms with Crippen LogP contribution in [0, 0.1) is 5.82 Å². The van der Waals surface area contributed by atoms with E-state index in [4.69, 9.17) is 5.14 Å². The smallest absolute Gasteiger partial charge is 0.315 e. The van der Waals surface area contributed by atoms with Crippen LogP contribution in [0.3, 0.4) is 0 Å². The van der Waals surface area contributed by atoms with Gasteiger partial charge in [-0.3, -0.25) is 0 Å². The van der Waals surface area contributed by atoms with Crippen LogP contribution in [0.4, 0.5) is 9.18 Å². The van der Waals surface area contributed by atoms with Gasteiger partial charge in [-0.25, -0.2) is 22.7 Å². The van der Waals surface area contributed by atoms with Gasteiger partial charge in [-0.2, -0.15) is 0 Å². The van der Waals surface area contributed by atoms with E-state index in [2.05, 4.69) is 10.6 Å². The molecule has 0 bridgehead atoms. The second kappa shape index (κ2) is 6.50. The first-order chi connectivity index (χ1) is 11.3. The molecule has 1 aromatic heterocycles. The third-order valence-electron chi connectivity index (χ3n) is 3.72.